The number of anilines is 1. The van der Waals surface area contributed by atoms with E-state index in [0.717, 1.165) is 44.0 Å². The minimum Gasteiger partial charge on any atom is -0.383 e. The molecule has 0 unspecified atom stereocenters. The molecule has 0 amide bonds. The first-order valence-electron chi connectivity index (χ1n) is 6.54. The zero-order valence-electron chi connectivity index (χ0n) is 11.2. The highest BCUT2D eigenvalue weighted by molar-refractivity contribution is 5.44. The first-order chi connectivity index (χ1) is 8.83. The van der Waals surface area contributed by atoms with E-state index in [9.17, 15) is 0 Å². The average Bonchev–Trinajstić information content (AvgIpc) is 2.45. The van der Waals surface area contributed by atoms with Crippen molar-refractivity contribution in [1.29, 1.82) is 0 Å². The molecule has 100 valence electrons. The third-order valence-corrected chi connectivity index (χ3v) is 3.42. The molecule has 5 heteroatoms. The molecule has 1 saturated heterocycles. The summed E-state index contributed by atoms with van der Waals surface area (Å²) in [7, 11) is 3.77. The molecule has 0 spiro atoms. The van der Waals surface area contributed by atoms with Crippen LogP contribution in [0.1, 0.15) is 24.5 Å². The van der Waals surface area contributed by atoms with E-state index in [2.05, 4.69) is 20.2 Å². The fourth-order valence-electron chi connectivity index (χ4n) is 2.35. The van der Waals surface area contributed by atoms with E-state index in [-0.39, 0.29) is 0 Å². The lowest BCUT2D eigenvalue weighted by Crippen LogP contribution is -2.30. The number of nitrogens with one attached hydrogen (secondary N) is 1. The highest BCUT2D eigenvalue weighted by atomic mass is 16.5. The zero-order valence-corrected chi connectivity index (χ0v) is 11.2. The molecule has 0 atom stereocenters. The number of piperidine rings is 1. The van der Waals surface area contributed by atoms with E-state index in [1.807, 2.05) is 7.05 Å². The van der Waals surface area contributed by atoms with Crippen molar-refractivity contribution in [3.63, 3.8) is 0 Å². The van der Waals surface area contributed by atoms with Gasteiger partial charge in [-0.15, -0.1) is 0 Å². The molecule has 2 rings (SSSR count). The van der Waals surface area contributed by atoms with Crippen LogP contribution < -0.4 is 10.2 Å². The fourth-order valence-corrected chi connectivity index (χ4v) is 2.35. The normalized spacial score (nSPS) is 16.8. The van der Waals surface area contributed by atoms with Gasteiger partial charge in [-0.3, -0.25) is 4.98 Å². The maximum absolute atomic E-state index is 5.12. The van der Waals surface area contributed by atoms with Gasteiger partial charge in [-0.05, 0) is 25.9 Å². The Morgan fingerprint density at radius 2 is 2.06 bits per heavy atom. The number of nitrogens with zero attached hydrogens (tertiary/aromatic N) is 3. The van der Waals surface area contributed by atoms with Crippen molar-refractivity contribution in [1.82, 2.24) is 15.3 Å². The van der Waals surface area contributed by atoms with Crippen molar-refractivity contribution in [3.05, 3.63) is 18.1 Å². The lowest BCUT2D eigenvalue weighted by Gasteiger charge is -2.26. The van der Waals surface area contributed by atoms with Gasteiger partial charge in [-0.25, -0.2) is 4.98 Å². The van der Waals surface area contributed by atoms with Gasteiger partial charge in [0.25, 0.3) is 0 Å². The van der Waals surface area contributed by atoms with E-state index in [0.29, 0.717) is 12.5 Å². The summed E-state index contributed by atoms with van der Waals surface area (Å²) >= 11 is 0. The second-order valence-electron chi connectivity index (χ2n) is 4.70. The molecule has 0 saturated carbocycles. The minimum absolute atomic E-state index is 0.528. The molecule has 5 nitrogen and oxygen atoms in total. The van der Waals surface area contributed by atoms with Gasteiger partial charge in [-0.2, -0.15) is 0 Å². The predicted molar refractivity (Wildman–Crippen MR) is 72.0 cm³/mol. The van der Waals surface area contributed by atoms with E-state index in [1.54, 1.807) is 19.5 Å². The van der Waals surface area contributed by atoms with Crippen molar-refractivity contribution in [2.24, 2.45) is 0 Å². The van der Waals surface area contributed by atoms with Crippen molar-refractivity contribution >= 4 is 5.82 Å². The Morgan fingerprint density at radius 1 is 1.33 bits per heavy atom. The number of ether oxygens (including phenoxy) is 1. The van der Waals surface area contributed by atoms with Gasteiger partial charge in [0.05, 0.1) is 12.3 Å². The number of methoxy groups -OCH3 is 1. The molecule has 1 aromatic rings. The van der Waals surface area contributed by atoms with Gasteiger partial charge in [0.1, 0.15) is 5.82 Å². The minimum atomic E-state index is 0.528. The highest BCUT2D eigenvalue weighted by Gasteiger charge is 2.21. The molecule has 0 aliphatic carbocycles. The van der Waals surface area contributed by atoms with Crippen LogP contribution in [0.5, 0.6) is 0 Å². The summed E-state index contributed by atoms with van der Waals surface area (Å²) in [6.45, 7) is 3.69. The lowest BCUT2D eigenvalue weighted by atomic mass is 9.94. The Labute approximate surface area is 109 Å². The van der Waals surface area contributed by atoms with Crippen LogP contribution in [-0.2, 0) is 4.74 Å². The monoisotopic (exact) mass is 250 g/mol. The first kappa shape index (κ1) is 13.2. The fraction of sp³-hybridized carbons (Fsp3) is 0.692. The van der Waals surface area contributed by atoms with Crippen LogP contribution in [0.25, 0.3) is 0 Å². The van der Waals surface area contributed by atoms with Crippen LogP contribution in [0.2, 0.25) is 0 Å². The maximum atomic E-state index is 5.12. The molecule has 1 N–H and O–H groups in total. The van der Waals surface area contributed by atoms with Crippen LogP contribution in [-0.4, -0.2) is 50.4 Å². The zero-order chi connectivity index (χ0) is 12.8. The van der Waals surface area contributed by atoms with Crippen LogP contribution in [0, 0.1) is 0 Å². The van der Waals surface area contributed by atoms with Gasteiger partial charge in [-0.1, -0.05) is 0 Å². The topological polar surface area (TPSA) is 50.3 Å². The summed E-state index contributed by atoms with van der Waals surface area (Å²) < 4.78 is 5.12. The molecular formula is C13H22N4O. The van der Waals surface area contributed by atoms with Gasteiger partial charge in [0.2, 0.25) is 0 Å². The molecule has 1 fully saturated rings. The van der Waals surface area contributed by atoms with Crippen molar-refractivity contribution in [2.75, 3.05) is 45.3 Å². The van der Waals surface area contributed by atoms with E-state index < -0.39 is 0 Å². The second-order valence-corrected chi connectivity index (χ2v) is 4.70. The van der Waals surface area contributed by atoms with Crippen molar-refractivity contribution < 1.29 is 4.74 Å². The summed E-state index contributed by atoms with van der Waals surface area (Å²) in [5, 5.41) is 3.39. The molecule has 1 aliphatic heterocycles. The van der Waals surface area contributed by atoms with E-state index in [1.165, 1.54) is 0 Å². The highest BCUT2D eigenvalue weighted by Crippen LogP contribution is 2.29. The Morgan fingerprint density at radius 3 is 2.78 bits per heavy atom. The predicted octanol–water partition coefficient (Wildman–Crippen LogP) is 1.03. The van der Waals surface area contributed by atoms with Crippen LogP contribution in [0.4, 0.5) is 5.82 Å². The Hall–Kier alpha value is -1.20. The number of likely N-dealkylation sites (N-methyl/N-ethyl adjacent to an activating group) is 1. The SMILES string of the molecule is COCCN(C)c1nccnc1C1CCNCC1. The van der Waals surface area contributed by atoms with Crippen molar-refractivity contribution in [2.45, 2.75) is 18.8 Å². The third kappa shape index (κ3) is 3.17. The van der Waals surface area contributed by atoms with Crippen LogP contribution in [0.3, 0.4) is 0 Å². The largest absolute Gasteiger partial charge is 0.383 e. The lowest BCUT2D eigenvalue weighted by molar-refractivity contribution is 0.206. The molecule has 0 bridgehead atoms. The number of rotatable bonds is 5. The Kier molecular flexibility index (Phi) is 4.90. The summed E-state index contributed by atoms with van der Waals surface area (Å²) in [4.78, 5) is 11.2. The Balaban J connectivity index is 2.13. The summed E-state index contributed by atoms with van der Waals surface area (Å²) in [5.74, 6) is 1.53. The van der Waals surface area contributed by atoms with E-state index in [4.69, 9.17) is 4.74 Å². The quantitative estimate of drug-likeness (QED) is 0.845. The van der Waals surface area contributed by atoms with E-state index >= 15 is 0 Å². The second kappa shape index (κ2) is 6.66. The summed E-state index contributed by atoms with van der Waals surface area (Å²) in [6.07, 6.45) is 5.85. The van der Waals surface area contributed by atoms with Crippen LogP contribution in [0.15, 0.2) is 12.4 Å². The molecule has 1 aromatic heterocycles. The number of hydrogen-bond acceptors (Lipinski definition) is 5. The Bertz CT molecular complexity index is 366. The molecule has 1 aliphatic rings. The van der Waals surface area contributed by atoms with Gasteiger partial charge >= 0.3 is 0 Å². The molecular weight excluding hydrogens is 228 g/mol. The van der Waals surface area contributed by atoms with Gasteiger partial charge in [0, 0.05) is 39.0 Å². The third-order valence-electron chi connectivity index (χ3n) is 3.42. The molecule has 2 heterocycles. The van der Waals surface area contributed by atoms with Crippen molar-refractivity contribution in [3.8, 4) is 0 Å². The van der Waals surface area contributed by atoms with Gasteiger partial charge < -0.3 is 15.0 Å². The van der Waals surface area contributed by atoms with Crippen LogP contribution >= 0.6 is 0 Å². The maximum Gasteiger partial charge on any atom is 0.150 e. The molecule has 18 heavy (non-hydrogen) atoms. The standard InChI is InChI=1S/C13H22N4O/c1-17(9-10-18-2)13-12(15-7-8-16-13)11-3-5-14-6-4-11/h7-8,11,14H,3-6,9-10H2,1-2H3. The average molecular weight is 250 g/mol. The smallest absolute Gasteiger partial charge is 0.150 e. The van der Waals surface area contributed by atoms with Gasteiger partial charge in [0.15, 0.2) is 0 Å². The summed E-state index contributed by atoms with van der Waals surface area (Å²) in [5.41, 5.74) is 1.14. The summed E-state index contributed by atoms with van der Waals surface area (Å²) in [6, 6.07) is 0. The first-order valence-corrected chi connectivity index (χ1v) is 6.54. The molecule has 0 aromatic carbocycles. The number of hydrogen-bond donors (Lipinski definition) is 1. The molecule has 0 radical (unpaired) electrons. The number of aromatic nitrogens is 2.